The summed E-state index contributed by atoms with van der Waals surface area (Å²) in [5.41, 5.74) is 1.34. The number of unbranched alkanes of at least 4 members (excludes halogenated alkanes) is 1. The predicted molar refractivity (Wildman–Crippen MR) is 140 cm³/mol. The molecule has 3 amide bonds. The first kappa shape index (κ1) is 26.6. The lowest BCUT2D eigenvalue weighted by atomic mass is 9.98. The number of rotatable bonds is 12. The summed E-state index contributed by atoms with van der Waals surface area (Å²) in [6.07, 6.45) is 3.22. The van der Waals surface area contributed by atoms with Gasteiger partial charge in [0.1, 0.15) is 18.4 Å². The van der Waals surface area contributed by atoms with Gasteiger partial charge in [0.2, 0.25) is 11.8 Å². The van der Waals surface area contributed by atoms with Crippen molar-refractivity contribution in [2.75, 3.05) is 0 Å². The molecule has 188 valence electrons. The minimum absolute atomic E-state index is 0.244. The molecule has 0 radical (unpaired) electrons. The van der Waals surface area contributed by atoms with E-state index >= 15 is 0 Å². The summed E-state index contributed by atoms with van der Waals surface area (Å²) in [5.74, 6) is -1.31. The van der Waals surface area contributed by atoms with Gasteiger partial charge in [-0.05, 0) is 41.8 Å². The summed E-state index contributed by atoms with van der Waals surface area (Å²) < 4.78 is 0. The molecule has 3 rings (SSSR count). The lowest BCUT2D eigenvalue weighted by molar-refractivity contribution is -0.130. The zero-order valence-electron chi connectivity index (χ0n) is 20.7. The molecule has 3 N–H and O–H groups in total. The van der Waals surface area contributed by atoms with Crippen LogP contribution in [0.3, 0.4) is 0 Å². The monoisotopic (exact) mass is 487 g/mol. The zero-order chi connectivity index (χ0) is 25.9. The number of carbonyl (C=O) groups is 4. The fraction of sp³-hybridized carbons (Fsp3) is 0.310. The van der Waals surface area contributed by atoms with Crippen molar-refractivity contribution in [2.24, 2.45) is 0 Å². The Labute approximate surface area is 211 Å². The van der Waals surface area contributed by atoms with Crippen molar-refractivity contribution in [2.45, 2.75) is 57.7 Å². The molecule has 36 heavy (non-hydrogen) atoms. The predicted octanol–water partition coefficient (Wildman–Crippen LogP) is 3.56. The second-order valence-corrected chi connectivity index (χ2v) is 8.86. The minimum Gasteiger partial charge on any atom is -0.345 e. The average Bonchev–Trinajstić information content (AvgIpc) is 2.91. The van der Waals surface area contributed by atoms with E-state index in [1.807, 2.05) is 55.5 Å². The van der Waals surface area contributed by atoms with E-state index in [1.54, 1.807) is 31.2 Å². The van der Waals surface area contributed by atoms with Gasteiger partial charge < -0.3 is 20.7 Å². The van der Waals surface area contributed by atoms with Crippen LogP contribution in [-0.4, -0.2) is 42.1 Å². The SMILES string of the molecule is CCCC[C@@H](C=O)NC(=O)[C@H](C)NC(=O)[C@H](Cc1cccc2ccccc12)NC(=O)c1ccccc1. The third-order valence-corrected chi connectivity index (χ3v) is 6.07. The molecule has 0 unspecified atom stereocenters. The summed E-state index contributed by atoms with van der Waals surface area (Å²) in [4.78, 5) is 50.2. The Hall–Kier alpha value is -4.00. The Kier molecular flexibility index (Phi) is 9.74. The topological polar surface area (TPSA) is 104 Å². The van der Waals surface area contributed by atoms with Crippen LogP contribution in [0.5, 0.6) is 0 Å². The summed E-state index contributed by atoms with van der Waals surface area (Å²) in [6, 6.07) is 19.9. The van der Waals surface area contributed by atoms with Crippen LogP contribution in [0, 0.1) is 0 Å². The van der Waals surface area contributed by atoms with Gasteiger partial charge in [0.15, 0.2) is 0 Å². The second kappa shape index (κ2) is 13.2. The normalized spacial score (nSPS) is 13.3. The Balaban J connectivity index is 1.78. The number of fused-ring (bicyclic) bond motifs is 1. The molecule has 0 saturated carbocycles. The molecule has 0 saturated heterocycles. The van der Waals surface area contributed by atoms with Crippen molar-refractivity contribution in [3.63, 3.8) is 0 Å². The van der Waals surface area contributed by atoms with Crippen LogP contribution in [0.2, 0.25) is 0 Å². The van der Waals surface area contributed by atoms with E-state index in [-0.39, 0.29) is 12.3 Å². The Bertz CT molecular complexity index is 1190. The number of benzene rings is 3. The van der Waals surface area contributed by atoms with Crippen molar-refractivity contribution < 1.29 is 19.2 Å². The van der Waals surface area contributed by atoms with Gasteiger partial charge in [-0.15, -0.1) is 0 Å². The molecule has 0 aliphatic heterocycles. The third-order valence-electron chi connectivity index (χ3n) is 6.07. The van der Waals surface area contributed by atoms with Gasteiger partial charge in [0.25, 0.3) is 5.91 Å². The molecule has 7 heteroatoms. The van der Waals surface area contributed by atoms with E-state index in [9.17, 15) is 19.2 Å². The highest BCUT2D eigenvalue weighted by Gasteiger charge is 2.26. The molecule has 0 bridgehead atoms. The van der Waals surface area contributed by atoms with Crippen molar-refractivity contribution in [3.05, 3.63) is 83.9 Å². The standard InChI is InChI=1S/C29H33N3O4/c1-3-4-16-24(19-33)31-27(34)20(2)30-29(36)26(32-28(35)22-12-6-5-7-13-22)18-23-15-10-14-21-11-8-9-17-25(21)23/h5-15,17,19-20,24,26H,3-4,16,18H2,1-2H3,(H,30,36)(H,31,34)(H,32,35)/t20-,24-,26-/m0/s1. The van der Waals surface area contributed by atoms with Gasteiger partial charge in [-0.1, -0.05) is 80.4 Å². The highest BCUT2D eigenvalue weighted by atomic mass is 16.2. The Morgan fingerprint density at radius 3 is 2.25 bits per heavy atom. The number of aldehydes is 1. The molecule has 0 heterocycles. The maximum Gasteiger partial charge on any atom is 0.251 e. The van der Waals surface area contributed by atoms with Gasteiger partial charge in [-0.3, -0.25) is 14.4 Å². The van der Waals surface area contributed by atoms with Gasteiger partial charge in [0.05, 0.1) is 6.04 Å². The van der Waals surface area contributed by atoms with Crippen LogP contribution in [0.25, 0.3) is 10.8 Å². The molecule has 3 atom stereocenters. The maximum absolute atomic E-state index is 13.3. The highest BCUT2D eigenvalue weighted by Crippen LogP contribution is 2.20. The second-order valence-electron chi connectivity index (χ2n) is 8.86. The first-order chi connectivity index (χ1) is 17.4. The highest BCUT2D eigenvalue weighted by molar-refractivity contribution is 5.99. The van der Waals surface area contributed by atoms with E-state index in [1.165, 1.54) is 0 Å². The molecular formula is C29H33N3O4. The number of hydrogen-bond donors (Lipinski definition) is 3. The average molecular weight is 488 g/mol. The van der Waals surface area contributed by atoms with Gasteiger partial charge in [-0.25, -0.2) is 0 Å². The quantitative estimate of drug-likeness (QED) is 0.340. The van der Waals surface area contributed by atoms with Crippen molar-refractivity contribution in [1.82, 2.24) is 16.0 Å². The third kappa shape index (κ3) is 7.25. The summed E-state index contributed by atoms with van der Waals surface area (Å²) in [5, 5.41) is 10.2. The molecule has 3 aromatic carbocycles. The van der Waals surface area contributed by atoms with E-state index in [4.69, 9.17) is 0 Å². The molecule has 7 nitrogen and oxygen atoms in total. The molecule has 3 aromatic rings. The lowest BCUT2D eigenvalue weighted by Crippen LogP contribution is -2.54. The summed E-state index contributed by atoms with van der Waals surface area (Å²) in [7, 11) is 0. The molecule has 0 aromatic heterocycles. The largest absolute Gasteiger partial charge is 0.345 e. The molecule has 0 fully saturated rings. The van der Waals surface area contributed by atoms with Crippen LogP contribution >= 0.6 is 0 Å². The Morgan fingerprint density at radius 1 is 0.833 bits per heavy atom. The van der Waals surface area contributed by atoms with E-state index in [0.29, 0.717) is 18.3 Å². The minimum atomic E-state index is -0.916. The van der Waals surface area contributed by atoms with Crippen molar-refractivity contribution >= 4 is 34.8 Å². The summed E-state index contributed by atoms with van der Waals surface area (Å²) >= 11 is 0. The van der Waals surface area contributed by atoms with Crippen LogP contribution in [0.15, 0.2) is 72.8 Å². The maximum atomic E-state index is 13.3. The fourth-order valence-electron chi connectivity index (χ4n) is 4.02. The number of hydrogen-bond acceptors (Lipinski definition) is 4. The van der Waals surface area contributed by atoms with Crippen molar-refractivity contribution in [1.29, 1.82) is 0 Å². The van der Waals surface area contributed by atoms with Crippen LogP contribution < -0.4 is 16.0 Å². The number of nitrogens with one attached hydrogen (secondary N) is 3. The van der Waals surface area contributed by atoms with Crippen LogP contribution in [0.1, 0.15) is 49.0 Å². The van der Waals surface area contributed by atoms with Crippen LogP contribution in [0.4, 0.5) is 0 Å². The number of amides is 3. The van der Waals surface area contributed by atoms with Gasteiger partial charge in [0, 0.05) is 12.0 Å². The molecule has 0 spiro atoms. The lowest BCUT2D eigenvalue weighted by Gasteiger charge is -2.23. The van der Waals surface area contributed by atoms with E-state index in [0.717, 1.165) is 29.2 Å². The van der Waals surface area contributed by atoms with Gasteiger partial charge in [-0.2, -0.15) is 0 Å². The summed E-state index contributed by atoms with van der Waals surface area (Å²) in [6.45, 7) is 3.56. The van der Waals surface area contributed by atoms with Crippen molar-refractivity contribution in [3.8, 4) is 0 Å². The van der Waals surface area contributed by atoms with E-state index in [2.05, 4.69) is 16.0 Å². The fourth-order valence-corrected chi connectivity index (χ4v) is 4.02. The smallest absolute Gasteiger partial charge is 0.251 e. The zero-order valence-corrected chi connectivity index (χ0v) is 20.7. The Morgan fingerprint density at radius 2 is 1.53 bits per heavy atom. The molecular weight excluding hydrogens is 454 g/mol. The van der Waals surface area contributed by atoms with E-state index < -0.39 is 29.9 Å². The molecule has 0 aliphatic rings. The first-order valence-corrected chi connectivity index (χ1v) is 12.3. The molecule has 0 aliphatic carbocycles. The van der Waals surface area contributed by atoms with Crippen LogP contribution in [-0.2, 0) is 20.8 Å². The number of carbonyl (C=O) groups excluding carboxylic acids is 4. The first-order valence-electron chi connectivity index (χ1n) is 12.3. The van der Waals surface area contributed by atoms with Gasteiger partial charge >= 0.3 is 0 Å².